The smallest absolute Gasteiger partial charge is 0.251 e. The predicted molar refractivity (Wildman–Crippen MR) is 127 cm³/mol. The summed E-state index contributed by atoms with van der Waals surface area (Å²) in [6, 6.07) is 7.20. The number of fused-ring (bicyclic) bond motifs is 1. The highest BCUT2D eigenvalue weighted by molar-refractivity contribution is 7.98. The molecule has 0 atom stereocenters. The van der Waals surface area contributed by atoms with Crippen molar-refractivity contribution < 1.29 is 14.3 Å². The molecule has 3 rings (SSSR count). The minimum atomic E-state index is -0.136. The molecule has 0 aliphatic carbocycles. The molecule has 2 aromatic heterocycles. The lowest BCUT2D eigenvalue weighted by molar-refractivity contribution is 0.0952. The minimum absolute atomic E-state index is 0.136. The summed E-state index contributed by atoms with van der Waals surface area (Å²) in [6.45, 7) is 4.94. The predicted octanol–water partition coefficient (Wildman–Crippen LogP) is 3.22. The fourth-order valence-corrected chi connectivity index (χ4v) is 3.37. The summed E-state index contributed by atoms with van der Waals surface area (Å²) < 4.78 is 12.5. The Balaban J connectivity index is 1.60. The number of aromatic nitrogens is 4. The van der Waals surface area contributed by atoms with Crippen molar-refractivity contribution >= 4 is 34.5 Å². The third kappa shape index (κ3) is 6.33. The van der Waals surface area contributed by atoms with Crippen LogP contribution in [0.1, 0.15) is 30.1 Å². The fraction of sp³-hybridized carbons (Fsp3) is 0.455. The van der Waals surface area contributed by atoms with E-state index in [0.717, 1.165) is 35.4 Å². The molecule has 9 nitrogen and oxygen atoms in total. The van der Waals surface area contributed by atoms with Crippen LogP contribution in [0.3, 0.4) is 0 Å². The molecule has 0 radical (unpaired) electrons. The lowest BCUT2D eigenvalue weighted by Gasteiger charge is -2.09. The lowest BCUT2D eigenvalue weighted by atomic mass is 10.2. The number of carbonyl (C=O) groups excluding carboxylic acids is 1. The van der Waals surface area contributed by atoms with E-state index in [0.29, 0.717) is 43.6 Å². The van der Waals surface area contributed by atoms with Crippen molar-refractivity contribution in [2.45, 2.75) is 31.5 Å². The van der Waals surface area contributed by atoms with Crippen molar-refractivity contribution in [3.63, 3.8) is 0 Å². The first-order valence-corrected chi connectivity index (χ1v) is 11.9. The Morgan fingerprint density at radius 2 is 1.97 bits per heavy atom. The molecule has 0 fully saturated rings. The fourth-order valence-electron chi connectivity index (χ4n) is 3.01. The van der Waals surface area contributed by atoms with E-state index in [9.17, 15) is 4.79 Å². The zero-order valence-electron chi connectivity index (χ0n) is 18.8. The maximum Gasteiger partial charge on any atom is 0.251 e. The number of hydrogen-bond acceptors (Lipinski definition) is 8. The van der Waals surface area contributed by atoms with Crippen LogP contribution >= 0.6 is 11.8 Å². The first kappa shape index (κ1) is 23.8. The topological polar surface area (TPSA) is 103 Å². The van der Waals surface area contributed by atoms with Crippen LogP contribution in [0.5, 0.6) is 5.75 Å². The average molecular weight is 459 g/mol. The molecule has 1 amide bonds. The van der Waals surface area contributed by atoms with Crippen molar-refractivity contribution in [3.05, 3.63) is 36.0 Å². The van der Waals surface area contributed by atoms with Crippen LogP contribution < -0.4 is 15.4 Å². The molecule has 0 saturated heterocycles. The molecule has 0 saturated carbocycles. The van der Waals surface area contributed by atoms with Gasteiger partial charge in [-0.25, -0.2) is 14.6 Å². The van der Waals surface area contributed by atoms with Gasteiger partial charge in [0.2, 0.25) is 0 Å². The van der Waals surface area contributed by atoms with Gasteiger partial charge in [0.25, 0.3) is 5.91 Å². The zero-order chi connectivity index (χ0) is 22.8. The monoisotopic (exact) mass is 458 g/mol. The van der Waals surface area contributed by atoms with E-state index in [2.05, 4.69) is 32.6 Å². The summed E-state index contributed by atoms with van der Waals surface area (Å²) >= 11 is 1.47. The summed E-state index contributed by atoms with van der Waals surface area (Å²) in [4.78, 5) is 21.6. The number of nitrogens with one attached hydrogen (secondary N) is 2. The van der Waals surface area contributed by atoms with Gasteiger partial charge in [-0.2, -0.15) is 5.10 Å². The average Bonchev–Trinajstić information content (AvgIpc) is 3.22. The summed E-state index contributed by atoms with van der Waals surface area (Å²) in [7, 11) is 1.66. The molecule has 3 aromatic rings. The molecule has 0 aliphatic rings. The third-order valence-electron chi connectivity index (χ3n) is 4.75. The largest absolute Gasteiger partial charge is 0.494 e. The molecule has 0 aliphatic heterocycles. The molecule has 2 heterocycles. The summed E-state index contributed by atoms with van der Waals surface area (Å²) in [5.41, 5.74) is 1.32. The molecule has 0 spiro atoms. The van der Waals surface area contributed by atoms with Crippen molar-refractivity contribution in [1.29, 1.82) is 0 Å². The molecule has 0 bridgehead atoms. The van der Waals surface area contributed by atoms with Gasteiger partial charge < -0.3 is 20.1 Å². The van der Waals surface area contributed by atoms with Gasteiger partial charge in [0.15, 0.2) is 10.8 Å². The van der Waals surface area contributed by atoms with Crippen molar-refractivity contribution in [1.82, 2.24) is 25.1 Å². The highest BCUT2D eigenvalue weighted by Crippen LogP contribution is 2.23. The number of rotatable bonds is 13. The molecular formula is C22H30N6O3S. The number of benzene rings is 1. The number of anilines is 1. The van der Waals surface area contributed by atoms with Gasteiger partial charge in [-0.3, -0.25) is 4.79 Å². The number of amides is 1. The van der Waals surface area contributed by atoms with Crippen LogP contribution in [0.2, 0.25) is 0 Å². The molecular weight excluding hydrogens is 428 g/mol. The van der Waals surface area contributed by atoms with Crippen molar-refractivity contribution in [3.8, 4) is 5.75 Å². The highest BCUT2D eigenvalue weighted by atomic mass is 32.2. The molecule has 2 N–H and O–H groups in total. The number of ether oxygens (including phenoxy) is 2. The van der Waals surface area contributed by atoms with Gasteiger partial charge in [0, 0.05) is 25.8 Å². The second-order valence-electron chi connectivity index (χ2n) is 7.07. The number of nitrogens with zero attached hydrogens (tertiary/aromatic N) is 4. The number of hydrogen-bond donors (Lipinski definition) is 2. The highest BCUT2D eigenvalue weighted by Gasteiger charge is 2.13. The summed E-state index contributed by atoms with van der Waals surface area (Å²) in [6.07, 6.45) is 5.77. The van der Waals surface area contributed by atoms with Crippen molar-refractivity contribution in [2.75, 3.05) is 45.0 Å². The van der Waals surface area contributed by atoms with Crippen LogP contribution in [0.15, 0.2) is 35.6 Å². The Morgan fingerprint density at radius 1 is 1.16 bits per heavy atom. The number of carbonyl (C=O) groups is 1. The maximum absolute atomic E-state index is 12.5. The van der Waals surface area contributed by atoms with Gasteiger partial charge in [-0.1, -0.05) is 25.1 Å². The van der Waals surface area contributed by atoms with Crippen LogP contribution in [0, 0.1) is 0 Å². The molecule has 10 heteroatoms. The van der Waals surface area contributed by atoms with Crippen LogP contribution in [0.25, 0.3) is 11.0 Å². The molecule has 0 unspecified atom stereocenters. The van der Waals surface area contributed by atoms with Crippen LogP contribution in [-0.2, 0) is 11.3 Å². The first-order valence-electron chi connectivity index (χ1n) is 10.7. The van der Waals surface area contributed by atoms with E-state index in [1.165, 1.54) is 11.8 Å². The summed E-state index contributed by atoms with van der Waals surface area (Å²) in [5, 5.41) is 12.1. The van der Waals surface area contributed by atoms with Gasteiger partial charge >= 0.3 is 0 Å². The van der Waals surface area contributed by atoms with E-state index in [1.807, 2.05) is 18.4 Å². The third-order valence-corrected chi connectivity index (χ3v) is 5.30. The van der Waals surface area contributed by atoms with E-state index in [1.54, 1.807) is 30.1 Å². The SMILES string of the molecule is CCCCOc1ccc(C(=O)NCCn2ncc3c(NCCOC)nc(SC)nc32)cc1. The molecule has 172 valence electrons. The Bertz CT molecular complexity index is 1010. The maximum atomic E-state index is 12.5. The van der Waals surface area contributed by atoms with Crippen LogP contribution in [-0.4, -0.2) is 65.3 Å². The quantitative estimate of drug-likeness (QED) is 0.229. The van der Waals surface area contributed by atoms with Gasteiger partial charge in [0.05, 0.1) is 31.3 Å². The van der Waals surface area contributed by atoms with Crippen molar-refractivity contribution in [2.24, 2.45) is 0 Å². The van der Waals surface area contributed by atoms with Gasteiger partial charge in [-0.15, -0.1) is 0 Å². The second kappa shape index (κ2) is 12.3. The zero-order valence-corrected chi connectivity index (χ0v) is 19.6. The second-order valence-corrected chi connectivity index (χ2v) is 7.84. The minimum Gasteiger partial charge on any atom is -0.494 e. The van der Waals surface area contributed by atoms with E-state index in [-0.39, 0.29) is 5.91 Å². The first-order chi connectivity index (χ1) is 15.7. The Morgan fingerprint density at radius 3 is 2.69 bits per heavy atom. The van der Waals surface area contributed by atoms with E-state index in [4.69, 9.17) is 9.47 Å². The van der Waals surface area contributed by atoms with Crippen LogP contribution in [0.4, 0.5) is 5.82 Å². The van der Waals surface area contributed by atoms with E-state index < -0.39 is 0 Å². The van der Waals surface area contributed by atoms with E-state index >= 15 is 0 Å². The van der Waals surface area contributed by atoms with Gasteiger partial charge in [0.1, 0.15) is 11.6 Å². The molecule has 32 heavy (non-hydrogen) atoms. The Labute approximate surface area is 192 Å². The van der Waals surface area contributed by atoms with Gasteiger partial charge in [-0.05, 0) is 36.9 Å². The number of unbranched alkanes of at least 4 members (excludes halogenated alkanes) is 1. The number of thioether (sulfide) groups is 1. The lowest BCUT2D eigenvalue weighted by Crippen LogP contribution is -2.27. The Kier molecular flexibility index (Phi) is 9.12. The summed E-state index contributed by atoms with van der Waals surface area (Å²) in [5.74, 6) is 1.37. The number of methoxy groups -OCH3 is 1. The Hall–Kier alpha value is -2.85. The standard InChI is InChI=1S/C22H30N6O3S/c1-4-5-13-31-17-8-6-16(7-9-17)21(29)24-10-12-28-20-18(15-25-28)19(23-11-14-30-2)26-22(27-20)32-3/h6-9,15H,4-5,10-14H2,1-3H3,(H,24,29)(H,23,26,27). The normalized spacial score (nSPS) is 11.0. The molecule has 1 aromatic carbocycles.